The summed E-state index contributed by atoms with van der Waals surface area (Å²) in [6.45, 7) is 4.65. The smallest absolute Gasteiger partial charge is 0.191 e. The van der Waals surface area contributed by atoms with E-state index in [9.17, 15) is 5.11 Å². The molecule has 24 heavy (non-hydrogen) atoms. The average molecular weight is 337 g/mol. The Labute approximate surface area is 144 Å². The largest absolute Gasteiger partial charge is 0.467 e. The van der Waals surface area contributed by atoms with Gasteiger partial charge in [-0.15, -0.1) is 0 Å². The summed E-state index contributed by atoms with van der Waals surface area (Å²) >= 11 is 0. The lowest BCUT2D eigenvalue weighted by atomic mass is 9.98. The molecule has 1 heterocycles. The number of nitrogens with one attached hydrogen (secondary N) is 2. The van der Waals surface area contributed by atoms with Crippen molar-refractivity contribution in [3.63, 3.8) is 0 Å². The molecule has 1 aromatic rings. The van der Waals surface area contributed by atoms with E-state index in [1.54, 1.807) is 18.4 Å². The highest BCUT2D eigenvalue weighted by Crippen LogP contribution is 2.20. The molecular weight excluding hydrogens is 306 g/mol. The Morgan fingerprint density at radius 2 is 2.21 bits per heavy atom. The fourth-order valence-electron chi connectivity index (χ4n) is 2.85. The van der Waals surface area contributed by atoms with Crippen LogP contribution < -0.4 is 10.6 Å². The van der Waals surface area contributed by atoms with Crippen molar-refractivity contribution in [2.45, 2.75) is 57.7 Å². The molecule has 1 aliphatic carbocycles. The molecule has 0 spiro atoms. The average Bonchev–Trinajstić information content (AvgIpc) is 3.14. The number of aliphatic hydroxyl groups excluding tert-OH is 1. The second-order valence-electron chi connectivity index (χ2n) is 6.16. The summed E-state index contributed by atoms with van der Waals surface area (Å²) in [6, 6.07) is 3.52. The zero-order chi connectivity index (χ0) is 17.0. The maximum atomic E-state index is 10.0. The zero-order valence-corrected chi connectivity index (χ0v) is 14.7. The van der Waals surface area contributed by atoms with E-state index in [1.165, 1.54) is 32.1 Å². The first-order valence-electron chi connectivity index (χ1n) is 9.15. The van der Waals surface area contributed by atoms with Crippen molar-refractivity contribution in [2.75, 3.05) is 26.2 Å². The molecule has 0 saturated heterocycles. The molecule has 0 radical (unpaired) electrons. The molecule has 6 nitrogen and oxygen atoms in total. The Morgan fingerprint density at radius 1 is 1.38 bits per heavy atom. The Bertz CT molecular complexity index is 456. The molecular formula is C18H31N3O3. The summed E-state index contributed by atoms with van der Waals surface area (Å²) in [4.78, 5) is 4.40. The summed E-state index contributed by atoms with van der Waals surface area (Å²) in [7, 11) is 0. The van der Waals surface area contributed by atoms with Crippen LogP contribution in [0.2, 0.25) is 0 Å². The monoisotopic (exact) mass is 337 g/mol. The molecule has 0 aliphatic heterocycles. The van der Waals surface area contributed by atoms with Crippen LogP contribution in [0.1, 0.15) is 57.3 Å². The summed E-state index contributed by atoms with van der Waals surface area (Å²) < 4.78 is 11.1. The number of guanidine groups is 1. The minimum atomic E-state index is -0.718. The minimum Gasteiger partial charge on any atom is -0.467 e. The number of nitrogens with zero attached hydrogens (tertiary/aromatic N) is 1. The van der Waals surface area contributed by atoms with Crippen LogP contribution in [0.15, 0.2) is 27.8 Å². The fourth-order valence-corrected chi connectivity index (χ4v) is 2.85. The van der Waals surface area contributed by atoms with E-state index in [4.69, 9.17) is 9.15 Å². The van der Waals surface area contributed by atoms with E-state index >= 15 is 0 Å². The number of aliphatic imine (C=N–C) groups is 1. The molecule has 1 aliphatic rings. The quantitative estimate of drug-likeness (QED) is 0.367. The van der Waals surface area contributed by atoms with E-state index in [1.807, 2.05) is 6.92 Å². The lowest BCUT2D eigenvalue weighted by Crippen LogP contribution is -2.38. The standard InChI is InChI=1S/C18H31N3O3/c1-2-19-18(21-14-16(22)17-10-6-12-24-17)20-11-7-13-23-15-8-4-3-5-9-15/h6,10,12,15-16,22H,2-5,7-9,11,13-14H2,1H3,(H2,19,20,21). The van der Waals surface area contributed by atoms with Gasteiger partial charge < -0.3 is 24.9 Å². The lowest BCUT2D eigenvalue weighted by molar-refractivity contribution is 0.0277. The first kappa shape index (κ1) is 18.8. The number of hydrogen-bond acceptors (Lipinski definition) is 4. The molecule has 0 bridgehead atoms. The van der Waals surface area contributed by atoms with Crippen molar-refractivity contribution in [3.05, 3.63) is 24.2 Å². The van der Waals surface area contributed by atoms with Crippen LogP contribution in [0.4, 0.5) is 0 Å². The van der Waals surface area contributed by atoms with Crippen molar-refractivity contribution < 1.29 is 14.3 Å². The molecule has 1 unspecified atom stereocenters. The highest BCUT2D eigenvalue weighted by Gasteiger charge is 2.13. The summed E-state index contributed by atoms with van der Waals surface area (Å²) in [5.74, 6) is 1.25. The molecule has 1 saturated carbocycles. The number of rotatable bonds is 9. The van der Waals surface area contributed by atoms with E-state index in [0.717, 1.165) is 26.1 Å². The molecule has 136 valence electrons. The lowest BCUT2D eigenvalue weighted by Gasteiger charge is -2.22. The minimum absolute atomic E-state index is 0.265. The van der Waals surface area contributed by atoms with Crippen LogP contribution in [0.5, 0.6) is 0 Å². The summed E-state index contributed by atoms with van der Waals surface area (Å²) in [5.41, 5.74) is 0. The van der Waals surface area contributed by atoms with Crippen molar-refractivity contribution in [1.29, 1.82) is 0 Å². The van der Waals surface area contributed by atoms with Gasteiger partial charge in [0.15, 0.2) is 5.96 Å². The molecule has 2 rings (SSSR count). The third-order valence-corrected chi connectivity index (χ3v) is 4.16. The highest BCUT2D eigenvalue weighted by molar-refractivity contribution is 5.79. The van der Waals surface area contributed by atoms with Crippen LogP contribution in [0.25, 0.3) is 0 Å². The molecule has 1 fully saturated rings. The van der Waals surface area contributed by atoms with Gasteiger partial charge in [0.1, 0.15) is 11.9 Å². The van der Waals surface area contributed by atoms with Gasteiger partial charge in [-0.25, -0.2) is 0 Å². The van der Waals surface area contributed by atoms with Crippen molar-refractivity contribution in [3.8, 4) is 0 Å². The second-order valence-corrected chi connectivity index (χ2v) is 6.16. The predicted octanol–water partition coefficient (Wildman–Crippen LogP) is 2.61. The summed E-state index contributed by atoms with van der Waals surface area (Å²) in [6.07, 6.45) is 8.63. The predicted molar refractivity (Wildman–Crippen MR) is 95.1 cm³/mol. The first-order valence-corrected chi connectivity index (χ1v) is 9.15. The number of ether oxygens (including phenoxy) is 1. The SMILES string of the molecule is CCNC(=NCC(O)c1ccco1)NCCCOC1CCCCC1. The molecule has 3 N–H and O–H groups in total. The fraction of sp³-hybridized carbons (Fsp3) is 0.722. The molecule has 6 heteroatoms. The maximum absolute atomic E-state index is 10.0. The molecule has 0 amide bonds. The van der Waals surface area contributed by atoms with Gasteiger partial charge in [-0.05, 0) is 38.3 Å². The highest BCUT2D eigenvalue weighted by atomic mass is 16.5. The molecule has 0 aromatic carbocycles. The third kappa shape index (κ3) is 6.93. The maximum Gasteiger partial charge on any atom is 0.191 e. The molecule has 1 aromatic heterocycles. The topological polar surface area (TPSA) is 79.0 Å². The zero-order valence-electron chi connectivity index (χ0n) is 14.7. The first-order chi connectivity index (χ1) is 11.8. The second kappa shape index (κ2) is 11.1. The summed E-state index contributed by atoms with van der Waals surface area (Å²) in [5, 5.41) is 16.5. The van der Waals surface area contributed by atoms with Crippen LogP contribution in [0.3, 0.4) is 0 Å². The van der Waals surface area contributed by atoms with Gasteiger partial charge in [0.25, 0.3) is 0 Å². The van der Waals surface area contributed by atoms with Gasteiger partial charge in [0.2, 0.25) is 0 Å². The van der Waals surface area contributed by atoms with Crippen LogP contribution >= 0.6 is 0 Å². The van der Waals surface area contributed by atoms with Crippen LogP contribution in [-0.2, 0) is 4.74 Å². The molecule has 1 atom stereocenters. The van der Waals surface area contributed by atoms with Crippen LogP contribution in [0, 0.1) is 0 Å². The number of aliphatic hydroxyl groups is 1. The van der Waals surface area contributed by atoms with Gasteiger partial charge in [0.05, 0.1) is 18.9 Å². The van der Waals surface area contributed by atoms with Gasteiger partial charge in [-0.2, -0.15) is 0 Å². The van der Waals surface area contributed by atoms with Crippen molar-refractivity contribution >= 4 is 5.96 Å². The van der Waals surface area contributed by atoms with Gasteiger partial charge >= 0.3 is 0 Å². The van der Waals surface area contributed by atoms with Crippen molar-refractivity contribution in [2.24, 2.45) is 4.99 Å². The third-order valence-electron chi connectivity index (χ3n) is 4.16. The van der Waals surface area contributed by atoms with Gasteiger partial charge in [-0.1, -0.05) is 19.3 Å². The van der Waals surface area contributed by atoms with Crippen LogP contribution in [-0.4, -0.2) is 43.4 Å². The Hall–Kier alpha value is -1.53. The number of furan rings is 1. The number of hydrogen-bond donors (Lipinski definition) is 3. The Kier molecular flexibility index (Phi) is 8.70. The van der Waals surface area contributed by atoms with Crippen molar-refractivity contribution in [1.82, 2.24) is 10.6 Å². The van der Waals surface area contributed by atoms with E-state index < -0.39 is 6.10 Å². The van der Waals surface area contributed by atoms with Gasteiger partial charge in [0, 0.05) is 19.7 Å². The van der Waals surface area contributed by atoms with E-state index in [-0.39, 0.29) is 6.54 Å². The van der Waals surface area contributed by atoms with Gasteiger partial charge in [-0.3, -0.25) is 4.99 Å². The Balaban J connectivity index is 1.63. The van der Waals surface area contributed by atoms with E-state index in [0.29, 0.717) is 17.8 Å². The van der Waals surface area contributed by atoms with E-state index in [2.05, 4.69) is 15.6 Å². The Morgan fingerprint density at radius 3 is 2.92 bits per heavy atom. The normalized spacial score (nSPS) is 17.7.